The highest BCUT2D eigenvalue weighted by Crippen LogP contribution is 2.24. The van der Waals surface area contributed by atoms with Crippen LogP contribution in [0.5, 0.6) is 0 Å². The number of aromatic nitrogens is 2. The van der Waals surface area contributed by atoms with Crippen molar-refractivity contribution in [2.24, 2.45) is 7.05 Å². The summed E-state index contributed by atoms with van der Waals surface area (Å²) >= 11 is 4.94. The topological polar surface area (TPSA) is 17.8 Å². The maximum absolute atomic E-state index is 4.33. The minimum atomic E-state index is 0.929. The van der Waals surface area contributed by atoms with E-state index in [2.05, 4.69) is 31.5 Å². The Labute approximate surface area is 83.0 Å². The van der Waals surface area contributed by atoms with E-state index in [-0.39, 0.29) is 0 Å². The van der Waals surface area contributed by atoms with Crippen LogP contribution in [0.25, 0.3) is 11.4 Å². The summed E-state index contributed by atoms with van der Waals surface area (Å²) in [4.78, 5) is 4.33. The number of hydrogen-bond donors (Lipinski definition) is 0. The summed E-state index contributed by atoms with van der Waals surface area (Å²) in [5, 5.41) is 2.04. The smallest absolute Gasteiger partial charge is 0.159 e. The molecule has 4 heteroatoms. The van der Waals surface area contributed by atoms with E-state index in [0.29, 0.717) is 0 Å². The Hall–Kier alpha value is -0.610. The van der Waals surface area contributed by atoms with Gasteiger partial charge in [-0.15, -0.1) is 11.3 Å². The summed E-state index contributed by atoms with van der Waals surface area (Å²) in [7, 11) is 2.02. The Morgan fingerprint density at radius 2 is 2.42 bits per heavy atom. The number of hydrogen-bond acceptors (Lipinski definition) is 2. The van der Waals surface area contributed by atoms with Crippen LogP contribution >= 0.6 is 27.3 Å². The zero-order valence-corrected chi connectivity index (χ0v) is 8.89. The molecule has 0 N–H and O–H groups in total. The van der Waals surface area contributed by atoms with Crippen molar-refractivity contribution in [3.8, 4) is 11.4 Å². The highest BCUT2D eigenvalue weighted by molar-refractivity contribution is 9.11. The van der Waals surface area contributed by atoms with Gasteiger partial charge in [0.25, 0.3) is 0 Å². The van der Waals surface area contributed by atoms with E-state index in [1.165, 1.54) is 0 Å². The first-order chi connectivity index (χ1) is 5.77. The number of thiazole rings is 1. The van der Waals surface area contributed by atoms with Gasteiger partial charge >= 0.3 is 0 Å². The fourth-order valence-corrected chi connectivity index (χ4v) is 2.10. The summed E-state index contributed by atoms with van der Waals surface area (Å²) in [6.45, 7) is 0. The molecule has 0 radical (unpaired) electrons. The molecular weight excluding hydrogens is 236 g/mol. The lowest BCUT2D eigenvalue weighted by atomic mass is 10.3. The second-order valence-electron chi connectivity index (χ2n) is 2.49. The lowest BCUT2D eigenvalue weighted by Gasteiger charge is -1.96. The van der Waals surface area contributed by atoms with Gasteiger partial charge in [-0.05, 0) is 28.1 Å². The van der Waals surface area contributed by atoms with Gasteiger partial charge in [0.15, 0.2) is 3.92 Å². The van der Waals surface area contributed by atoms with Crippen LogP contribution in [-0.2, 0) is 7.05 Å². The highest BCUT2D eigenvalue weighted by Gasteiger charge is 2.04. The molecule has 0 aliphatic rings. The summed E-state index contributed by atoms with van der Waals surface area (Å²) in [6, 6.07) is 4.07. The van der Waals surface area contributed by atoms with E-state index in [9.17, 15) is 0 Å². The van der Waals surface area contributed by atoms with Crippen molar-refractivity contribution in [3.05, 3.63) is 27.6 Å². The minimum Gasteiger partial charge on any atom is -0.349 e. The molecule has 0 spiro atoms. The predicted molar refractivity (Wildman–Crippen MR) is 54.2 cm³/mol. The molecule has 2 rings (SSSR count). The van der Waals surface area contributed by atoms with Gasteiger partial charge in [0.05, 0.1) is 11.4 Å². The molecule has 12 heavy (non-hydrogen) atoms. The molecule has 2 aromatic rings. The van der Waals surface area contributed by atoms with Crippen molar-refractivity contribution < 1.29 is 0 Å². The van der Waals surface area contributed by atoms with Crippen molar-refractivity contribution in [2.45, 2.75) is 0 Å². The van der Waals surface area contributed by atoms with Gasteiger partial charge in [0.1, 0.15) is 0 Å². The average molecular weight is 243 g/mol. The molecule has 0 aliphatic carbocycles. The van der Waals surface area contributed by atoms with E-state index in [0.717, 1.165) is 15.3 Å². The molecule has 0 bridgehead atoms. The van der Waals surface area contributed by atoms with Gasteiger partial charge in [-0.3, -0.25) is 0 Å². The standard InChI is InChI=1S/C8H7BrN2S/c1-11-4-2-3-7(11)6-5-12-8(9)10-6/h2-5H,1H3. The molecule has 0 amide bonds. The van der Waals surface area contributed by atoms with Crippen LogP contribution in [0.15, 0.2) is 27.6 Å². The Balaban J connectivity index is 2.50. The lowest BCUT2D eigenvalue weighted by Crippen LogP contribution is -1.88. The molecule has 0 aliphatic heterocycles. The first-order valence-electron chi connectivity index (χ1n) is 3.50. The molecule has 0 unspecified atom stereocenters. The van der Waals surface area contributed by atoms with Gasteiger partial charge in [-0.25, -0.2) is 4.98 Å². The fourth-order valence-electron chi connectivity index (χ4n) is 1.10. The minimum absolute atomic E-state index is 0.929. The van der Waals surface area contributed by atoms with Gasteiger partial charge in [0.2, 0.25) is 0 Å². The van der Waals surface area contributed by atoms with E-state index >= 15 is 0 Å². The normalized spacial score (nSPS) is 10.5. The molecule has 0 fully saturated rings. The van der Waals surface area contributed by atoms with Crippen LogP contribution in [0.3, 0.4) is 0 Å². The molecule has 2 heterocycles. The second-order valence-corrected chi connectivity index (χ2v) is 4.62. The molecule has 0 aromatic carbocycles. The zero-order valence-electron chi connectivity index (χ0n) is 6.49. The molecule has 62 valence electrons. The largest absolute Gasteiger partial charge is 0.349 e. The van der Waals surface area contributed by atoms with Gasteiger partial charge in [-0.1, -0.05) is 0 Å². The molecule has 0 saturated carbocycles. The Morgan fingerprint density at radius 3 is 2.92 bits per heavy atom. The van der Waals surface area contributed by atoms with Gasteiger partial charge < -0.3 is 4.57 Å². The molecule has 2 nitrogen and oxygen atoms in total. The first-order valence-corrected chi connectivity index (χ1v) is 5.17. The zero-order chi connectivity index (χ0) is 8.55. The van der Waals surface area contributed by atoms with Crippen LogP contribution in [0.1, 0.15) is 0 Å². The van der Waals surface area contributed by atoms with Crippen LogP contribution in [0.2, 0.25) is 0 Å². The summed E-state index contributed by atoms with van der Waals surface area (Å²) < 4.78 is 2.99. The quantitative estimate of drug-likeness (QED) is 0.752. The third-order valence-corrected chi connectivity index (χ3v) is 3.05. The fraction of sp³-hybridized carbons (Fsp3) is 0.125. The maximum atomic E-state index is 4.33. The van der Waals surface area contributed by atoms with Crippen molar-refractivity contribution in [3.63, 3.8) is 0 Å². The van der Waals surface area contributed by atoms with Gasteiger partial charge in [0, 0.05) is 18.6 Å². The SMILES string of the molecule is Cn1cccc1-c1csc(Br)n1. The highest BCUT2D eigenvalue weighted by atomic mass is 79.9. The van der Waals surface area contributed by atoms with Crippen molar-refractivity contribution >= 4 is 27.3 Å². The van der Waals surface area contributed by atoms with Gasteiger partial charge in [-0.2, -0.15) is 0 Å². The molecular formula is C8H7BrN2S. The van der Waals surface area contributed by atoms with Crippen LogP contribution < -0.4 is 0 Å². The van der Waals surface area contributed by atoms with E-state index in [4.69, 9.17) is 0 Å². The van der Waals surface area contributed by atoms with Crippen molar-refractivity contribution in [1.29, 1.82) is 0 Å². The third-order valence-electron chi connectivity index (χ3n) is 1.68. The van der Waals surface area contributed by atoms with Crippen LogP contribution in [0, 0.1) is 0 Å². The molecule has 0 saturated heterocycles. The predicted octanol–water partition coefficient (Wildman–Crippen LogP) is 2.91. The van der Waals surface area contributed by atoms with Crippen LogP contribution in [0.4, 0.5) is 0 Å². The van der Waals surface area contributed by atoms with E-state index in [1.54, 1.807) is 11.3 Å². The number of nitrogens with zero attached hydrogens (tertiary/aromatic N) is 2. The van der Waals surface area contributed by atoms with Crippen molar-refractivity contribution in [2.75, 3.05) is 0 Å². The maximum Gasteiger partial charge on any atom is 0.159 e. The number of halogens is 1. The summed E-state index contributed by atoms with van der Waals surface area (Å²) in [5.41, 5.74) is 2.18. The first kappa shape index (κ1) is 8.01. The summed E-state index contributed by atoms with van der Waals surface area (Å²) in [5.74, 6) is 0. The number of aryl methyl sites for hydroxylation is 1. The van der Waals surface area contributed by atoms with E-state index in [1.807, 2.05) is 24.7 Å². The van der Waals surface area contributed by atoms with Crippen molar-refractivity contribution in [1.82, 2.24) is 9.55 Å². The Kier molecular flexibility index (Phi) is 2.02. The molecule has 0 atom stereocenters. The van der Waals surface area contributed by atoms with Crippen LogP contribution in [-0.4, -0.2) is 9.55 Å². The van der Waals surface area contributed by atoms with E-state index < -0.39 is 0 Å². The molecule has 2 aromatic heterocycles. The second kappa shape index (κ2) is 3.03. The summed E-state index contributed by atoms with van der Waals surface area (Å²) in [6.07, 6.45) is 2.02. The lowest BCUT2D eigenvalue weighted by molar-refractivity contribution is 0.932. The monoisotopic (exact) mass is 242 g/mol. The average Bonchev–Trinajstić information content (AvgIpc) is 2.58. The Morgan fingerprint density at radius 1 is 1.58 bits per heavy atom. The Bertz CT molecular complexity index is 391. The third kappa shape index (κ3) is 1.32. The number of rotatable bonds is 1.